The lowest BCUT2D eigenvalue weighted by Gasteiger charge is -2.26. The second kappa shape index (κ2) is 9.27. The molecule has 11 heteroatoms. The van der Waals surface area contributed by atoms with E-state index in [4.69, 9.17) is 23.1 Å². The van der Waals surface area contributed by atoms with Crippen LogP contribution >= 0.6 is 22.9 Å². The lowest BCUT2D eigenvalue weighted by molar-refractivity contribution is -0.118. The third kappa shape index (κ3) is 5.09. The smallest absolute Gasteiger partial charge is 0.387 e. The lowest BCUT2D eigenvalue weighted by Crippen LogP contribution is -2.39. The van der Waals surface area contributed by atoms with Crippen LogP contribution in [0, 0.1) is 0 Å². The van der Waals surface area contributed by atoms with Gasteiger partial charge in [-0.25, -0.2) is 4.98 Å². The Morgan fingerprint density at radius 2 is 1.74 bits per heavy atom. The number of hydrogen-bond acceptors (Lipinski definition) is 7. The number of nitrogen functional groups attached to an aromatic ring is 1. The van der Waals surface area contributed by atoms with Crippen molar-refractivity contribution in [3.8, 4) is 5.75 Å². The maximum absolute atomic E-state index is 12.9. The Bertz CT molecular complexity index is 1090. The molecule has 0 aliphatic heterocycles. The van der Waals surface area contributed by atoms with Crippen molar-refractivity contribution in [2.45, 2.75) is 19.6 Å². The number of ketones is 1. The Morgan fingerprint density at radius 1 is 1.13 bits per heavy atom. The van der Waals surface area contributed by atoms with Gasteiger partial charge in [0.2, 0.25) is 11.7 Å². The third-order valence-electron chi connectivity index (χ3n) is 4.30. The molecule has 1 amide bonds. The molecule has 0 radical (unpaired) electrons. The highest BCUT2D eigenvalue weighted by Gasteiger charge is 2.27. The number of nitrogens with zero attached hydrogens (tertiary/aromatic N) is 2. The van der Waals surface area contributed by atoms with E-state index < -0.39 is 24.3 Å². The average molecular weight is 467 g/mol. The summed E-state index contributed by atoms with van der Waals surface area (Å²) in [6.45, 7) is -1.37. The van der Waals surface area contributed by atoms with Crippen LogP contribution in [0.2, 0.25) is 5.02 Å². The van der Waals surface area contributed by atoms with Gasteiger partial charge in [0, 0.05) is 16.3 Å². The SMILES string of the molecule is CC(C(N)=O)N(c1ccc(Cl)cc1)c1nc(N)c(C(=O)c2ccc(OC(F)F)cc2)s1. The van der Waals surface area contributed by atoms with Crippen LogP contribution in [0.25, 0.3) is 0 Å². The van der Waals surface area contributed by atoms with Crippen LogP contribution in [-0.2, 0) is 4.79 Å². The van der Waals surface area contributed by atoms with Crippen LogP contribution in [-0.4, -0.2) is 29.3 Å². The summed E-state index contributed by atoms with van der Waals surface area (Å²) in [5.74, 6) is -1.17. The second-order valence-electron chi connectivity index (χ2n) is 6.37. The van der Waals surface area contributed by atoms with E-state index in [2.05, 4.69) is 9.72 Å². The van der Waals surface area contributed by atoms with Crippen LogP contribution in [0.4, 0.5) is 25.4 Å². The Labute approximate surface area is 185 Å². The van der Waals surface area contributed by atoms with Gasteiger partial charge in [0.15, 0.2) is 5.13 Å². The van der Waals surface area contributed by atoms with E-state index in [0.717, 1.165) is 11.3 Å². The number of alkyl halides is 2. The monoisotopic (exact) mass is 466 g/mol. The van der Waals surface area contributed by atoms with Gasteiger partial charge < -0.3 is 21.1 Å². The molecule has 2 aromatic carbocycles. The molecular formula is C20H17ClF2N4O3S. The van der Waals surface area contributed by atoms with Crippen molar-refractivity contribution >= 4 is 51.3 Å². The zero-order chi connectivity index (χ0) is 22.7. The number of rotatable bonds is 8. The summed E-state index contributed by atoms with van der Waals surface area (Å²) in [5.41, 5.74) is 12.3. The molecule has 4 N–H and O–H groups in total. The summed E-state index contributed by atoms with van der Waals surface area (Å²) in [4.78, 5) is 30.7. The first-order valence-electron chi connectivity index (χ1n) is 8.87. The topological polar surface area (TPSA) is 112 Å². The number of aromatic nitrogens is 1. The van der Waals surface area contributed by atoms with E-state index in [1.807, 2.05) is 0 Å². The lowest BCUT2D eigenvalue weighted by atomic mass is 10.1. The minimum Gasteiger partial charge on any atom is -0.435 e. The molecule has 0 aliphatic carbocycles. The number of thiazole rings is 1. The van der Waals surface area contributed by atoms with E-state index in [1.165, 1.54) is 24.3 Å². The number of anilines is 3. The van der Waals surface area contributed by atoms with Gasteiger partial charge in [-0.1, -0.05) is 22.9 Å². The molecule has 1 unspecified atom stereocenters. The van der Waals surface area contributed by atoms with Crippen LogP contribution in [0.1, 0.15) is 22.2 Å². The fourth-order valence-corrected chi connectivity index (χ4v) is 3.91. The molecule has 0 fully saturated rings. The number of nitrogens with two attached hydrogens (primary N) is 2. The first kappa shape index (κ1) is 22.4. The van der Waals surface area contributed by atoms with E-state index >= 15 is 0 Å². The van der Waals surface area contributed by atoms with Crippen LogP contribution < -0.4 is 21.1 Å². The van der Waals surface area contributed by atoms with Crippen molar-refractivity contribution in [2.24, 2.45) is 5.73 Å². The van der Waals surface area contributed by atoms with Crippen molar-refractivity contribution in [1.29, 1.82) is 0 Å². The molecule has 162 valence electrons. The molecule has 0 aliphatic rings. The number of carbonyl (C=O) groups is 2. The fraction of sp³-hybridized carbons (Fsp3) is 0.150. The number of carbonyl (C=O) groups excluding carboxylic acids is 2. The number of benzene rings is 2. The highest BCUT2D eigenvalue weighted by atomic mass is 35.5. The fourth-order valence-electron chi connectivity index (χ4n) is 2.73. The van der Waals surface area contributed by atoms with Crippen molar-refractivity contribution in [1.82, 2.24) is 4.98 Å². The highest BCUT2D eigenvalue weighted by molar-refractivity contribution is 7.18. The third-order valence-corrected chi connectivity index (χ3v) is 5.62. The quantitative estimate of drug-likeness (QED) is 0.481. The minimum absolute atomic E-state index is 0.0338. The van der Waals surface area contributed by atoms with Crippen LogP contribution in [0.5, 0.6) is 5.75 Å². The Balaban J connectivity index is 1.95. The average Bonchev–Trinajstić information content (AvgIpc) is 3.10. The molecule has 7 nitrogen and oxygen atoms in total. The minimum atomic E-state index is -2.97. The zero-order valence-corrected chi connectivity index (χ0v) is 17.7. The first-order chi connectivity index (χ1) is 14.7. The maximum atomic E-state index is 12.9. The van der Waals surface area contributed by atoms with Gasteiger partial charge in [-0.2, -0.15) is 8.78 Å². The number of ether oxygens (including phenoxy) is 1. The molecule has 0 bridgehead atoms. The van der Waals surface area contributed by atoms with Gasteiger partial charge in [-0.15, -0.1) is 0 Å². The van der Waals surface area contributed by atoms with Crippen LogP contribution in [0.15, 0.2) is 48.5 Å². The molecule has 0 saturated heterocycles. The molecule has 1 atom stereocenters. The number of amides is 1. The molecule has 1 aromatic heterocycles. The summed E-state index contributed by atoms with van der Waals surface area (Å²) in [6.07, 6.45) is 0. The Morgan fingerprint density at radius 3 is 2.29 bits per heavy atom. The number of hydrogen-bond donors (Lipinski definition) is 2. The Hall–Kier alpha value is -3.24. The van der Waals surface area contributed by atoms with Gasteiger partial charge in [0.1, 0.15) is 22.5 Å². The van der Waals surface area contributed by atoms with Crippen LogP contribution in [0.3, 0.4) is 0 Å². The molecule has 1 heterocycles. The molecule has 3 rings (SSSR count). The van der Waals surface area contributed by atoms with E-state index in [9.17, 15) is 18.4 Å². The summed E-state index contributed by atoms with van der Waals surface area (Å²) >= 11 is 6.92. The maximum Gasteiger partial charge on any atom is 0.387 e. The van der Waals surface area contributed by atoms with E-state index in [1.54, 1.807) is 36.1 Å². The number of halogens is 3. The summed E-state index contributed by atoms with van der Waals surface area (Å²) < 4.78 is 28.9. The predicted molar refractivity (Wildman–Crippen MR) is 115 cm³/mol. The summed E-state index contributed by atoms with van der Waals surface area (Å²) in [7, 11) is 0. The largest absolute Gasteiger partial charge is 0.435 e. The molecule has 3 aromatic rings. The summed E-state index contributed by atoms with van der Waals surface area (Å²) in [6, 6.07) is 11.1. The van der Waals surface area contributed by atoms with Gasteiger partial charge in [-0.05, 0) is 55.5 Å². The van der Waals surface area contributed by atoms with Crippen molar-refractivity contribution in [3.63, 3.8) is 0 Å². The second-order valence-corrected chi connectivity index (χ2v) is 7.78. The van der Waals surface area contributed by atoms with Crippen molar-refractivity contribution in [2.75, 3.05) is 10.6 Å². The molecule has 31 heavy (non-hydrogen) atoms. The first-order valence-corrected chi connectivity index (χ1v) is 10.1. The highest BCUT2D eigenvalue weighted by Crippen LogP contribution is 2.36. The van der Waals surface area contributed by atoms with Gasteiger partial charge in [0.05, 0.1) is 0 Å². The predicted octanol–water partition coefficient (Wildman–Crippen LogP) is 4.22. The molecule has 0 saturated carbocycles. The van der Waals surface area contributed by atoms with Gasteiger partial charge in [-0.3, -0.25) is 9.59 Å². The molecular weight excluding hydrogens is 450 g/mol. The normalized spacial score (nSPS) is 11.9. The number of primary amides is 1. The van der Waals surface area contributed by atoms with Gasteiger partial charge >= 0.3 is 6.61 Å². The molecule has 0 spiro atoms. The van der Waals surface area contributed by atoms with Gasteiger partial charge in [0.25, 0.3) is 0 Å². The van der Waals surface area contributed by atoms with Crippen molar-refractivity contribution in [3.05, 3.63) is 64.0 Å². The summed E-state index contributed by atoms with van der Waals surface area (Å²) in [5, 5.41) is 0.788. The van der Waals surface area contributed by atoms with Crippen molar-refractivity contribution < 1.29 is 23.1 Å². The van der Waals surface area contributed by atoms with E-state index in [-0.39, 0.29) is 27.1 Å². The standard InChI is InChI=1S/C20H17ClF2N4O3S/c1-10(18(25)29)27(13-6-4-12(21)5-7-13)20-26-17(24)16(31-20)15(28)11-2-8-14(9-3-11)30-19(22)23/h2-10,19H,24H2,1H3,(H2,25,29). The van der Waals surface area contributed by atoms with E-state index in [0.29, 0.717) is 10.7 Å². The Kier molecular flexibility index (Phi) is 6.71. The zero-order valence-electron chi connectivity index (χ0n) is 16.1.